The third kappa shape index (κ3) is 3.93. The van der Waals surface area contributed by atoms with Crippen LogP contribution in [0.3, 0.4) is 0 Å². The number of carbonyl (C=O) groups excluding carboxylic acids is 1. The van der Waals surface area contributed by atoms with Crippen molar-refractivity contribution >= 4 is 34.8 Å². The second kappa shape index (κ2) is 8.19. The smallest absolute Gasteiger partial charge is 0.279 e. The molecule has 2 aliphatic heterocycles. The first kappa shape index (κ1) is 19.4. The number of benzene rings is 2. The molecule has 2 N–H and O–H groups in total. The van der Waals surface area contributed by atoms with Crippen molar-refractivity contribution in [3.63, 3.8) is 0 Å². The van der Waals surface area contributed by atoms with Crippen molar-refractivity contribution in [3.8, 4) is 11.5 Å². The summed E-state index contributed by atoms with van der Waals surface area (Å²) in [6.45, 7) is 4.34. The number of halogens is 2. The van der Waals surface area contributed by atoms with Crippen molar-refractivity contribution in [3.05, 3.63) is 51.5 Å². The first-order valence-corrected chi connectivity index (χ1v) is 10.3. The summed E-state index contributed by atoms with van der Waals surface area (Å²) in [5.74, 6) is 1.49. The number of ether oxygens (including phenoxy) is 2. The average molecular weight is 422 g/mol. The highest BCUT2D eigenvalue weighted by atomic mass is 35.5. The van der Waals surface area contributed by atoms with E-state index in [0.29, 0.717) is 35.5 Å². The summed E-state index contributed by atoms with van der Waals surface area (Å²) in [6.07, 6.45) is 2.11. The summed E-state index contributed by atoms with van der Waals surface area (Å²) in [4.78, 5) is 13.9. The van der Waals surface area contributed by atoms with Gasteiger partial charge < -0.3 is 19.7 Å². The minimum atomic E-state index is -0.0890. The van der Waals surface area contributed by atoms with Crippen molar-refractivity contribution in [2.75, 3.05) is 31.6 Å². The molecule has 148 valence electrons. The Morgan fingerprint density at radius 3 is 2.79 bits per heavy atom. The van der Waals surface area contributed by atoms with Gasteiger partial charge in [-0.2, -0.15) is 0 Å². The van der Waals surface area contributed by atoms with Gasteiger partial charge in [0, 0.05) is 18.4 Å². The summed E-state index contributed by atoms with van der Waals surface area (Å²) >= 11 is 12.5. The first-order chi connectivity index (χ1) is 13.5. The number of hydrogen-bond donors (Lipinski definition) is 2. The Hall–Kier alpha value is -1.95. The summed E-state index contributed by atoms with van der Waals surface area (Å²) in [6, 6.07) is 9.94. The van der Waals surface area contributed by atoms with E-state index >= 15 is 0 Å². The molecular formula is C21H23Cl2N2O3+. The molecule has 1 saturated heterocycles. The van der Waals surface area contributed by atoms with Gasteiger partial charge in [0.1, 0.15) is 19.3 Å². The van der Waals surface area contributed by atoms with Gasteiger partial charge in [-0.25, -0.2) is 0 Å². The van der Waals surface area contributed by atoms with Crippen molar-refractivity contribution < 1.29 is 19.2 Å². The molecular weight excluding hydrogens is 399 g/mol. The van der Waals surface area contributed by atoms with Crippen LogP contribution >= 0.6 is 23.2 Å². The molecule has 2 heterocycles. The molecule has 2 aliphatic rings. The Labute approximate surface area is 174 Å². The molecule has 2 aromatic carbocycles. The molecule has 0 bridgehead atoms. The normalized spacial score (nSPS) is 20.8. The lowest BCUT2D eigenvalue weighted by atomic mass is 10.0. The number of quaternary nitrogens is 1. The zero-order valence-electron chi connectivity index (χ0n) is 15.7. The molecule has 28 heavy (non-hydrogen) atoms. The Morgan fingerprint density at radius 1 is 1.18 bits per heavy atom. The zero-order valence-corrected chi connectivity index (χ0v) is 17.2. The summed E-state index contributed by atoms with van der Waals surface area (Å²) < 4.78 is 11.3. The number of rotatable bonds is 4. The first-order valence-electron chi connectivity index (χ1n) is 9.51. The van der Waals surface area contributed by atoms with Crippen LogP contribution in [0.5, 0.6) is 11.5 Å². The van der Waals surface area contributed by atoms with Crippen LogP contribution < -0.4 is 19.7 Å². The maximum Gasteiger partial charge on any atom is 0.279 e. The summed E-state index contributed by atoms with van der Waals surface area (Å²) in [5.41, 5.74) is 2.54. The van der Waals surface area contributed by atoms with Gasteiger partial charge in [0.2, 0.25) is 0 Å². The summed E-state index contributed by atoms with van der Waals surface area (Å²) in [7, 11) is 0. The Balaban J connectivity index is 1.47. The van der Waals surface area contributed by atoms with E-state index in [1.807, 2.05) is 19.1 Å². The van der Waals surface area contributed by atoms with E-state index in [1.165, 1.54) is 10.5 Å². The highest BCUT2D eigenvalue weighted by Crippen LogP contribution is 2.34. The van der Waals surface area contributed by atoms with E-state index in [-0.39, 0.29) is 11.9 Å². The standard InChI is InChI=1S/C21H22Cl2N2O3/c1-13-4-6-15(22)21(20(13)23)24-19(26)12-25-8-2-3-16(25)14-5-7-17-18(11-14)28-10-9-27-17/h4-7,11,16H,2-3,8-10,12H2,1H3,(H,24,26)/p+1/t16-/m0/s1. The van der Waals surface area contributed by atoms with Crippen molar-refractivity contribution in [2.45, 2.75) is 25.8 Å². The van der Waals surface area contributed by atoms with E-state index in [9.17, 15) is 4.79 Å². The van der Waals surface area contributed by atoms with Crippen LogP contribution in [-0.2, 0) is 4.79 Å². The largest absolute Gasteiger partial charge is 0.486 e. The Morgan fingerprint density at radius 2 is 1.96 bits per heavy atom. The summed E-state index contributed by atoms with van der Waals surface area (Å²) in [5, 5.41) is 3.83. The van der Waals surface area contributed by atoms with Crippen molar-refractivity contribution in [1.82, 2.24) is 0 Å². The zero-order chi connectivity index (χ0) is 19.7. The van der Waals surface area contributed by atoms with Crippen LogP contribution in [0.25, 0.3) is 0 Å². The van der Waals surface area contributed by atoms with E-state index in [1.54, 1.807) is 6.07 Å². The van der Waals surface area contributed by atoms with Gasteiger partial charge in [-0.15, -0.1) is 0 Å². The number of carbonyl (C=O) groups is 1. The molecule has 7 heteroatoms. The molecule has 0 radical (unpaired) electrons. The van der Waals surface area contributed by atoms with Gasteiger partial charge in [-0.05, 0) is 36.8 Å². The van der Waals surface area contributed by atoms with Gasteiger partial charge in [0.15, 0.2) is 18.0 Å². The SMILES string of the molecule is Cc1ccc(Cl)c(NC(=O)C[NH+]2CCC[C@H]2c2ccc3c(c2)OCCO3)c1Cl. The van der Waals surface area contributed by atoms with Crippen LogP contribution in [0.4, 0.5) is 5.69 Å². The number of likely N-dealkylation sites (tertiary alicyclic amines) is 1. The lowest BCUT2D eigenvalue weighted by molar-refractivity contribution is -0.910. The highest BCUT2D eigenvalue weighted by Gasteiger charge is 2.32. The van der Waals surface area contributed by atoms with Gasteiger partial charge in [0.25, 0.3) is 5.91 Å². The van der Waals surface area contributed by atoms with Gasteiger partial charge in [-0.1, -0.05) is 29.3 Å². The number of aryl methyl sites for hydroxylation is 1. The number of fused-ring (bicyclic) bond motifs is 1. The molecule has 1 amide bonds. The second-order valence-corrected chi connectivity index (χ2v) is 8.07. The Bertz CT molecular complexity index is 903. The second-order valence-electron chi connectivity index (χ2n) is 7.28. The van der Waals surface area contributed by atoms with Crippen LogP contribution in [0.15, 0.2) is 30.3 Å². The predicted octanol–water partition coefficient (Wildman–Crippen LogP) is 3.43. The molecule has 1 fully saturated rings. The van der Waals surface area contributed by atoms with Crippen LogP contribution in [0, 0.1) is 6.92 Å². The lowest BCUT2D eigenvalue weighted by Crippen LogP contribution is -3.11. The minimum absolute atomic E-state index is 0.0890. The molecule has 4 rings (SSSR count). The number of anilines is 1. The van der Waals surface area contributed by atoms with Gasteiger partial charge in [0.05, 0.1) is 22.3 Å². The molecule has 0 aliphatic carbocycles. The van der Waals surface area contributed by atoms with E-state index < -0.39 is 0 Å². The van der Waals surface area contributed by atoms with E-state index in [4.69, 9.17) is 32.7 Å². The number of amides is 1. The monoisotopic (exact) mass is 421 g/mol. The molecule has 0 spiro atoms. The predicted molar refractivity (Wildman–Crippen MR) is 110 cm³/mol. The fourth-order valence-electron chi connectivity index (χ4n) is 3.96. The fraction of sp³-hybridized carbons (Fsp3) is 0.381. The lowest BCUT2D eigenvalue weighted by Gasteiger charge is -2.24. The van der Waals surface area contributed by atoms with Crippen molar-refractivity contribution in [1.29, 1.82) is 0 Å². The van der Waals surface area contributed by atoms with Crippen LogP contribution in [0.2, 0.25) is 10.0 Å². The van der Waals surface area contributed by atoms with Crippen LogP contribution in [0.1, 0.15) is 30.0 Å². The number of hydrogen-bond acceptors (Lipinski definition) is 3. The third-order valence-electron chi connectivity index (χ3n) is 5.39. The molecule has 5 nitrogen and oxygen atoms in total. The minimum Gasteiger partial charge on any atom is -0.486 e. The molecule has 0 saturated carbocycles. The van der Waals surface area contributed by atoms with E-state index in [0.717, 1.165) is 36.4 Å². The molecule has 1 unspecified atom stereocenters. The topological polar surface area (TPSA) is 52.0 Å². The quantitative estimate of drug-likeness (QED) is 0.794. The fourth-order valence-corrected chi connectivity index (χ4v) is 4.43. The maximum absolute atomic E-state index is 12.7. The number of nitrogens with one attached hydrogen (secondary N) is 2. The van der Waals surface area contributed by atoms with Crippen LogP contribution in [-0.4, -0.2) is 32.2 Å². The van der Waals surface area contributed by atoms with Gasteiger partial charge in [-0.3, -0.25) is 4.79 Å². The third-order valence-corrected chi connectivity index (χ3v) is 6.19. The molecule has 0 aromatic heterocycles. The highest BCUT2D eigenvalue weighted by molar-refractivity contribution is 6.40. The van der Waals surface area contributed by atoms with Crippen molar-refractivity contribution in [2.24, 2.45) is 0 Å². The maximum atomic E-state index is 12.7. The van der Waals surface area contributed by atoms with Gasteiger partial charge >= 0.3 is 0 Å². The molecule has 2 atom stereocenters. The average Bonchev–Trinajstić information content (AvgIpc) is 3.16. The Kier molecular flexibility index (Phi) is 5.67. The molecule has 2 aromatic rings. The van der Waals surface area contributed by atoms with E-state index in [2.05, 4.69) is 17.4 Å².